The Balaban J connectivity index is 2.48. The number of hydrogen-bond donors (Lipinski definition) is 2. The van der Waals surface area contributed by atoms with E-state index in [0.29, 0.717) is 4.90 Å². The summed E-state index contributed by atoms with van der Waals surface area (Å²) in [5.74, 6) is -2.51. The van der Waals surface area contributed by atoms with Crippen molar-refractivity contribution in [1.82, 2.24) is 4.90 Å². The van der Waals surface area contributed by atoms with Gasteiger partial charge in [0.1, 0.15) is 6.54 Å². The van der Waals surface area contributed by atoms with Crippen LogP contribution in [0.15, 0.2) is 18.2 Å². The number of carbonyl (C=O) groups is 3. The molecule has 82 valence electrons. The SMILES string of the molecule is Nc1cccc2c1C(=O)N(CC(=O)O)C2=O. The maximum absolute atomic E-state index is 11.7. The number of amides is 2. The zero-order valence-electron chi connectivity index (χ0n) is 8.14. The highest BCUT2D eigenvalue weighted by molar-refractivity contribution is 6.24. The van der Waals surface area contributed by atoms with Crippen LogP contribution in [0.1, 0.15) is 20.7 Å². The minimum Gasteiger partial charge on any atom is -0.480 e. The molecule has 0 atom stereocenters. The highest BCUT2D eigenvalue weighted by Crippen LogP contribution is 2.27. The highest BCUT2D eigenvalue weighted by Gasteiger charge is 2.37. The van der Waals surface area contributed by atoms with Crippen LogP contribution < -0.4 is 5.73 Å². The number of benzene rings is 1. The third kappa shape index (κ3) is 1.31. The minimum atomic E-state index is -1.24. The molecule has 0 aliphatic carbocycles. The van der Waals surface area contributed by atoms with E-state index in [4.69, 9.17) is 10.8 Å². The van der Waals surface area contributed by atoms with Gasteiger partial charge in [-0.3, -0.25) is 19.3 Å². The lowest BCUT2D eigenvalue weighted by Gasteiger charge is -2.09. The van der Waals surface area contributed by atoms with Crippen LogP contribution >= 0.6 is 0 Å². The van der Waals surface area contributed by atoms with Crippen LogP contribution in [0.5, 0.6) is 0 Å². The third-order valence-corrected chi connectivity index (χ3v) is 2.32. The Morgan fingerprint density at radius 2 is 2.00 bits per heavy atom. The first-order valence-electron chi connectivity index (χ1n) is 4.49. The van der Waals surface area contributed by atoms with E-state index >= 15 is 0 Å². The molecule has 16 heavy (non-hydrogen) atoms. The normalized spacial score (nSPS) is 14.1. The number of aliphatic carboxylic acids is 1. The summed E-state index contributed by atoms with van der Waals surface area (Å²) >= 11 is 0. The van der Waals surface area contributed by atoms with E-state index in [0.717, 1.165) is 0 Å². The first kappa shape index (κ1) is 10.2. The average Bonchev–Trinajstić information content (AvgIpc) is 2.44. The summed E-state index contributed by atoms with van der Waals surface area (Å²) in [5, 5.41) is 8.58. The van der Waals surface area contributed by atoms with Gasteiger partial charge < -0.3 is 10.8 Å². The second-order valence-electron chi connectivity index (χ2n) is 3.36. The number of carboxylic acid groups (broad SMARTS) is 1. The monoisotopic (exact) mass is 220 g/mol. The molecule has 0 spiro atoms. The zero-order valence-corrected chi connectivity index (χ0v) is 8.14. The van der Waals surface area contributed by atoms with Gasteiger partial charge in [-0.2, -0.15) is 0 Å². The van der Waals surface area contributed by atoms with E-state index in [1.807, 2.05) is 0 Å². The molecule has 0 bridgehead atoms. The van der Waals surface area contributed by atoms with Gasteiger partial charge in [-0.25, -0.2) is 0 Å². The fraction of sp³-hybridized carbons (Fsp3) is 0.100. The number of nitrogens with two attached hydrogens (primary N) is 1. The number of hydrogen-bond acceptors (Lipinski definition) is 4. The van der Waals surface area contributed by atoms with Crippen molar-refractivity contribution in [3.05, 3.63) is 29.3 Å². The van der Waals surface area contributed by atoms with Crippen LogP contribution in [-0.2, 0) is 4.79 Å². The van der Waals surface area contributed by atoms with Crippen molar-refractivity contribution in [2.24, 2.45) is 0 Å². The fourth-order valence-corrected chi connectivity index (χ4v) is 1.64. The molecule has 0 unspecified atom stereocenters. The molecule has 0 saturated heterocycles. The molecule has 2 rings (SSSR count). The molecule has 0 saturated carbocycles. The van der Waals surface area contributed by atoms with Gasteiger partial charge in [0.05, 0.1) is 11.1 Å². The molecule has 0 radical (unpaired) electrons. The quantitative estimate of drug-likeness (QED) is 0.537. The number of anilines is 1. The number of carbonyl (C=O) groups excluding carboxylic acids is 2. The van der Waals surface area contributed by atoms with Gasteiger partial charge in [0.25, 0.3) is 11.8 Å². The van der Waals surface area contributed by atoms with Crippen LogP contribution in [0.2, 0.25) is 0 Å². The van der Waals surface area contributed by atoms with Gasteiger partial charge in [-0.1, -0.05) is 6.07 Å². The number of nitrogens with zero attached hydrogens (tertiary/aromatic N) is 1. The Kier molecular flexibility index (Phi) is 2.12. The summed E-state index contributed by atoms with van der Waals surface area (Å²) in [7, 11) is 0. The van der Waals surface area contributed by atoms with E-state index in [9.17, 15) is 14.4 Å². The van der Waals surface area contributed by atoms with Crippen LogP contribution in [0, 0.1) is 0 Å². The molecule has 3 N–H and O–H groups in total. The Morgan fingerprint density at radius 3 is 2.56 bits per heavy atom. The lowest BCUT2D eigenvalue weighted by Crippen LogP contribution is -2.34. The molecule has 1 aliphatic rings. The lowest BCUT2D eigenvalue weighted by atomic mass is 10.1. The first-order valence-corrected chi connectivity index (χ1v) is 4.49. The van der Waals surface area contributed by atoms with Crippen LogP contribution in [0.25, 0.3) is 0 Å². The molecular formula is C10H8N2O4. The predicted octanol–water partition coefficient (Wildman–Crippen LogP) is -0.0506. The van der Waals surface area contributed by atoms with E-state index in [-0.39, 0.29) is 16.8 Å². The standard InChI is InChI=1S/C10H8N2O4/c11-6-3-1-2-5-8(6)10(16)12(9(5)15)4-7(13)14/h1-3H,4,11H2,(H,13,14). The summed E-state index contributed by atoms with van der Waals surface area (Å²) in [6, 6.07) is 4.49. The van der Waals surface area contributed by atoms with E-state index in [2.05, 4.69) is 0 Å². The Labute approximate surface area is 90.3 Å². The second-order valence-corrected chi connectivity index (χ2v) is 3.36. The highest BCUT2D eigenvalue weighted by atomic mass is 16.4. The molecule has 2 amide bonds. The van der Waals surface area contributed by atoms with Crippen molar-refractivity contribution >= 4 is 23.5 Å². The molecule has 0 aromatic heterocycles. The summed E-state index contributed by atoms with van der Waals surface area (Å²) < 4.78 is 0. The summed E-state index contributed by atoms with van der Waals surface area (Å²) in [6.45, 7) is -0.647. The fourth-order valence-electron chi connectivity index (χ4n) is 1.64. The van der Waals surface area contributed by atoms with Crippen LogP contribution in [0.3, 0.4) is 0 Å². The van der Waals surface area contributed by atoms with Gasteiger partial charge in [-0.05, 0) is 12.1 Å². The Morgan fingerprint density at radius 1 is 1.31 bits per heavy atom. The minimum absolute atomic E-state index is 0.0914. The zero-order chi connectivity index (χ0) is 11.9. The smallest absolute Gasteiger partial charge is 0.323 e. The van der Waals surface area contributed by atoms with Crippen molar-refractivity contribution in [3.8, 4) is 0 Å². The van der Waals surface area contributed by atoms with Crippen molar-refractivity contribution in [3.63, 3.8) is 0 Å². The van der Waals surface area contributed by atoms with Crippen LogP contribution in [-0.4, -0.2) is 34.3 Å². The van der Waals surface area contributed by atoms with Crippen molar-refractivity contribution in [2.75, 3.05) is 12.3 Å². The van der Waals surface area contributed by atoms with Gasteiger partial charge in [0.15, 0.2) is 0 Å². The van der Waals surface area contributed by atoms with Gasteiger partial charge in [-0.15, -0.1) is 0 Å². The molecule has 6 nitrogen and oxygen atoms in total. The molecule has 1 heterocycles. The van der Waals surface area contributed by atoms with Crippen molar-refractivity contribution in [1.29, 1.82) is 0 Å². The summed E-state index contributed by atoms with van der Waals surface area (Å²) in [5.41, 5.74) is 6.00. The summed E-state index contributed by atoms with van der Waals surface area (Å²) in [4.78, 5) is 34.6. The van der Waals surface area contributed by atoms with Gasteiger partial charge in [0, 0.05) is 5.69 Å². The maximum Gasteiger partial charge on any atom is 0.323 e. The lowest BCUT2D eigenvalue weighted by molar-refractivity contribution is -0.137. The van der Waals surface area contributed by atoms with Crippen molar-refractivity contribution < 1.29 is 19.5 Å². The molecule has 6 heteroatoms. The third-order valence-electron chi connectivity index (χ3n) is 2.32. The van der Waals surface area contributed by atoms with E-state index in [1.165, 1.54) is 12.1 Å². The largest absolute Gasteiger partial charge is 0.480 e. The number of carboxylic acids is 1. The predicted molar refractivity (Wildman–Crippen MR) is 53.9 cm³/mol. The molecule has 1 aliphatic heterocycles. The molecular weight excluding hydrogens is 212 g/mol. The van der Waals surface area contributed by atoms with Gasteiger partial charge in [0.2, 0.25) is 0 Å². The van der Waals surface area contributed by atoms with Gasteiger partial charge >= 0.3 is 5.97 Å². The average molecular weight is 220 g/mol. The van der Waals surface area contributed by atoms with Crippen molar-refractivity contribution in [2.45, 2.75) is 0 Å². The number of fused-ring (bicyclic) bond motifs is 1. The van der Waals surface area contributed by atoms with E-state index < -0.39 is 24.3 Å². The van der Waals surface area contributed by atoms with E-state index in [1.54, 1.807) is 6.07 Å². The Hall–Kier alpha value is -2.37. The molecule has 0 fully saturated rings. The first-order chi connectivity index (χ1) is 7.52. The second kappa shape index (κ2) is 3.34. The Bertz CT molecular complexity index is 510. The molecule has 1 aromatic carbocycles. The summed E-state index contributed by atoms with van der Waals surface area (Å²) in [6.07, 6.45) is 0. The topological polar surface area (TPSA) is 101 Å². The number of nitrogen functional groups attached to an aromatic ring is 1. The molecule has 1 aromatic rings. The maximum atomic E-state index is 11.7. The van der Waals surface area contributed by atoms with Crippen LogP contribution in [0.4, 0.5) is 5.69 Å². The number of imide groups is 1. The number of rotatable bonds is 2.